The van der Waals surface area contributed by atoms with Crippen molar-refractivity contribution in [3.05, 3.63) is 53.6 Å². The molecule has 0 spiro atoms. The lowest BCUT2D eigenvalue weighted by Gasteiger charge is -2.20. The summed E-state index contributed by atoms with van der Waals surface area (Å²) in [6.07, 6.45) is 4.28. The molecule has 0 saturated carbocycles. The highest BCUT2D eigenvalue weighted by Gasteiger charge is 2.16. The smallest absolute Gasteiger partial charge is 0.270 e. The second-order valence-electron chi connectivity index (χ2n) is 4.83. The summed E-state index contributed by atoms with van der Waals surface area (Å²) in [5.41, 5.74) is 2.06. The van der Waals surface area contributed by atoms with Gasteiger partial charge in [0, 0.05) is 32.4 Å². The molecule has 5 nitrogen and oxygen atoms in total. The topological polar surface area (TPSA) is 66.1 Å². The van der Waals surface area contributed by atoms with Crippen LogP contribution in [0, 0.1) is 0 Å². The molecule has 0 aliphatic carbocycles. The maximum Gasteiger partial charge on any atom is 0.270 e. The molecule has 0 saturated heterocycles. The monoisotopic (exact) mass is 285 g/mol. The molecule has 110 valence electrons. The second-order valence-corrected chi connectivity index (χ2v) is 4.83. The van der Waals surface area contributed by atoms with Crippen LogP contribution in [0.2, 0.25) is 0 Å². The number of aromatic amines is 1. The number of pyridine rings is 1. The Morgan fingerprint density at radius 2 is 1.81 bits per heavy atom. The van der Waals surface area contributed by atoms with Crippen LogP contribution in [0.1, 0.15) is 40.4 Å². The minimum atomic E-state index is -0.0842. The van der Waals surface area contributed by atoms with E-state index in [0.29, 0.717) is 24.5 Å². The number of hydrogen-bond acceptors (Lipinski definition) is 3. The third-order valence-electron chi connectivity index (χ3n) is 3.38. The molecule has 2 heterocycles. The van der Waals surface area contributed by atoms with Gasteiger partial charge in [-0.05, 0) is 43.2 Å². The molecule has 2 rings (SSSR count). The molecular formula is C16H19N3O2. The van der Waals surface area contributed by atoms with Gasteiger partial charge in [0.1, 0.15) is 5.69 Å². The van der Waals surface area contributed by atoms with Crippen molar-refractivity contribution in [1.82, 2.24) is 14.9 Å². The number of H-pyrrole nitrogens is 1. The molecule has 2 aromatic rings. The molecule has 0 aliphatic rings. The van der Waals surface area contributed by atoms with Crippen molar-refractivity contribution < 1.29 is 9.59 Å². The first-order valence-electron chi connectivity index (χ1n) is 7.00. The van der Waals surface area contributed by atoms with E-state index in [1.165, 1.54) is 6.92 Å². The fraction of sp³-hybridized carbons (Fsp3) is 0.312. The van der Waals surface area contributed by atoms with E-state index in [1.807, 2.05) is 19.1 Å². The van der Waals surface area contributed by atoms with Crippen molar-refractivity contribution >= 4 is 11.7 Å². The van der Waals surface area contributed by atoms with Crippen LogP contribution in [0.3, 0.4) is 0 Å². The standard InChI is InChI=1S/C16H19N3O2/c1-3-19(11-8-13-6-9-17-10-7-13)16(21)15-5-4-14(18-15)12(2)20/h4-7,9-10,18H,3,8,11H2,1-2H3. The number of rotatable bonds is 6. The number of Topliss-reactive ketones (excluding diaryl/α,β-unsaturated/α-hetero) is 1. The Bertz CT molecular complexity index is 619. The largest absolute Gasteiger partial charge is 0.348 e. The molecule has 2 aromatic heterocycles. The molecule has 21 heavy (non-hydrogen) atoms. The quantitative estimate of drug-likeness (QED) is 0.828. The van der Waals surface area contributed by atoms with Gasteiger partial charge in [0.25, 0.3) is 5.91 Å². The number of likely N-dealkylation sites (N-methyl/N-ethyl adjacent to an activating group) is 1. The van der Waals surface area contributed by atoms with Crippen LogP contribution >= 0.6 is 0 Å². The van der Waals surface area contributed by atoms with E-state index in [1.54, 1.807) is 29.4 Å². The van der Waals surface area contributed by atoms with E-state index in [9.17, 15) is 9.59 Å². The van der Waals surface area contributed by atoms with Gasteiger partial charge in [0.05, 0.1) is 5.69 Å². The third-order valence-corrected chi connectivity index (χ3v) is 3.38. The Balaban J connectivity index is 2.02. The molecule has 0 aliphatic heterocycles. The van der Waals surface area contributed by atoms with Crippen LogP contribution in [-0.4, -0.2) is 39.6 Å². The van der Waals surface area contributed by atoms with Gasteiger partial charge < -0.3 is 9.88 Å². The summed E-state index contributed by atoms with van der Waals surface area (Å²) in [6.45, 7) is 4.67. The molecule has 1 amide bonds. The minimum absolute atomic E-state index is 0.0751. The summed E-state index contributed by atoms with van der Waals surface area (Å²) in [7, 11) is 0. The van der Waals surface area contributed by atoms with E-state index in [-0.39, 0.29) is 11.7 Å². The molecule has 0 aromatic carbocycles. The number of carbonyl (C=O) groups excluding carboxylic acids is 2. The van der Waals surface area contributed by atoms with Crippen LogP contribution in [0.15, 0.2) is 36.7 Å². The molecule has 1 N–H and O–H groups in total. The van der Waals surface area contributed by atoms with Crippen LogP contribution < -0.4 is 0 Å². The lowest BCUT2D eigenvalue weighted by Crippen LogP contribution is -2.33. The Morgan fingerprint density at radius 1 is 1.14 bits per heavy atom. The fourth-order valence-electron chi connectivity index (χ4n) is 2.11. The van der Waals surface area contributed by atoms with Crippen molar-refractivity contribution in [3.8, 4) is 0 Å². The van der Waals surface area contributed by atoms with E-state index in [4.69, 9.17) is 0 Å². The average Bonchev–Trinajstić information content (AvgIpc) is 2.99. The Morgan fingerprint density at radius 3 is 2.38 bits per heavy atom. The first-order chi connectivity index (χ1) is 10.1. The highest BCUT2D eigenvalue weighted by molar-refractivity contribution is 5.97. The van der Waals surface area contributed by atoms with E-state index >= 15 is 0 Å². The lowest BCUT2D eigenvalue weighted by molar-refractivity contribution is 0.0761. The Hall–Kier alpha value is -2.43. The lowest BCUT2D eigenvalue weighted by atomic mass is 10.2. The van der Waals surface area contributed by atoms with Crippen LogP contribution in [0.25, 0.3) is 0 Å². The van der Waals surface area contributed by atoms with Gasteiger partial charge in [-0.25, -0.2) is 0 Å². The summed E-state index contributed by atoms with van der Waals surface area (Å²) in [6, 6.07) is 7.20. The summed E-state index contributed by atoms with van der Waals surface area (Å²) in [4.78, 5) is 32.3. The van der Waals surface area contributed by atoms with Crippen LogP contribution in [-0.2, 0) is 6.42 Å². The second kappa shape index (κ2) is 6.83. The number of nitrogens with one attached hydrogen (secondary N) is 1. The van der Waals surface area contributed by atoms with Gasteiger partial charge in [-0.1, -0.05) is 0 Å². The van der Waals surface area contributed by atoms with Crippen molar-refractivity contribution in [2.45, 2.75) is 20.3 Å². The number of nitrogens with zero attached hydrogens (tertiary/aromatic N) is 2. The van der Waals surface area contributed by atoms with Crippen molar-refractivity contribution in [3.63, 3.8) is 0 Å². The number of carbonyl (C=O) groups is 2. The molecule has 0 radical (unpaired) electrons. The highest BCUT2D eigenvalue weighted by Crippen LogP contribution is 2.08. The fourth-order valence-corrected chi connectivity index (χ4v) is 2.11. The zero-order valence-electron chi connectivity index (χ0n) is 12.3. The van der Waals surface area contributed by atoms with Gasteiger partial charge in [-0.2, -0.15) is 0 Å². The number of amides is 1. The van der Waals surface area contributed by atoms with E-state index in [2.05, 4.69) is 9.97 Å². The average molecular weight is 285 g/mol. The summed E-state index contributed by atoms with van der Waals surface area (Å²) >= 11 is 0. The van der Waals surface area contributed by atoms with Gasteiger partial charge in [0.2, 0.25) is 0 Å². The number of aromatic nitrogens is 2. The molecule has 5 heteroatoms. The first kappa shape index (κ1) is 15.0. The maximum absolute atomic E-state index is 12.4. The maximum atomic E-state index is 12.4. The van der Waals surface area contributed by atoms with E-state index in [0.717, 1.165) is 12.0 Å². The van der Waals surface area contributed by atoms with Gasteiger partial charge in [-0.15, -0.1) is 0 Å². The molecule has 0 fully saturated rings. The minimum Gasteiger partial charge on any atom is -0.348 e. The number of ketones is 1. The predicted molar refractivity (Wildman–Crippen MR) is 80.3 cm³/mol. The molecule has 0 unspecified atom stereocenters. The van der Waals surface area contributed by atoms with Crippen molar-refractivity contribution in [2.75, 3.05) is 13.1 Å². The zero-order valence-corrected chi connectivity index (χ0v) is 12.3. The Kier molecular flexibility index (Phi) is 4.87. The zero-order chi connectivity index (χ0) is 15.2. The van der Waals surface area contributed by atoms with Crippen LogP contribution in [0.4, 0.5) is 0 Å². The third kappa shape index (κ3) is 3.78. The van der Waals surface area contributed by atoms with Gasteiger partial charge in [0.15, 0.2) is 5.78 Å². The summed E-state index contributed by atoms with van der Waals surface area (Å²) in [5, 5.41) is 0. The van der Waals surface area contributed by atoms with Crippen LogP contribution in [0.5, 0.6) is 0 Å². The Labute approximate surface area is 124 Å². The van der Waals surface area contributed by atoms with Gasteiger partial charge >= 0.3 is 0 Å². The summed E-state index contributed by atoms with van der Waals surface area (Å²) in [5.74, 6) is -0.159. The number of hydrogen-bond donors (Lipinski definition) is 1. The van der Waals surface area contributed by atoms with Gasteiger partial charge in [-0.3, -0.25) is 14.6 Å². The normalized spacial score (nSPS) is 10.4. The molecule has 0 atom stereocenters. The van der Waals surface area contributed by atoms with Crippen molar-refractivity contribution in [1.29, 1.82) is 0 Å². The summed E-state index contributed by atoms with van der Waals surface area (Å²) < 4.78 is 0. The van der Waals surface area contributed by atoms with E-state index < -0.39 is 0 Å². The first-order valence-corrected chi connectivity index (χ1v) is 7.00. The highest BCUT2D eigenvalue weighted by atomic mass is 16.2. The van der Waals surface area contributed by atoms with Crippen molar-refractivity contribution in [2.24, 2.45) is 0 Å². The molecule has 0 bridgehead atoms. The molecular weight excluding hydrogens is 266 g/mol. The predicted octanol–water partition coefficient (Wildman–Crippen LogP) is 2.32. The SMILES string of the molecule is CCN(CCc1ccncc1)C(=O)c1ccc(C(C)=O)[nH]1.